The largest absolute Gasteiger partial charge is 0.384 e. The fraction of sp³-hybridized carbons (Fsp3) is 0.250. The molecule has 0 radical (unpaired) electrons. The van der Waals surface area contributed by atoms with Crippen LogP contribution in [-0.4, -0.2) is 24.0 Å². The Morgan fingerprint density at radius 2 is 1.90 bits per heavy atom. The van der Waals surface area contributed by atoms with E-state index in [2.05, 4.69) is 41.6 Å². The Bertz CT molecular complexity index is 997. The summed E-state index contributed by atoms with van der Waals surface area (Å²) >= 11 is 6.02. The summed E-state index contributed by atoms with van der Waals surface area (Å²) in [6.07, 6.45) is 6.01. The van der Waals surface area contributed by atoms with E-state index in [9.17, 15) is 4.79 Å². The number of amides is 1. The molecule has 150 valence electrons. The summed E-state index contributed by atoms with van der Waals surface area (Å²) < 4.78 is 0. The van der Waals surface area contributed by atoms with E-state index >= 15 is 0 Å². The molecule has 0 aliphatic heterocycles. The monoisotopic (exact) mass is 407 g/mol. The van der Waals surface area contributed by atoms with Gasteiger partial charge in [0.15, 0.2) is 0 Å². The Balaban J connectivity index is 1.42. The average molecular weight is 408 g/mol. The van der Waals surface area contributed by atoms with E-state index in [1.54, 1.807) is 12.3 Å². The minimum Gasteiger partial charge on any atom is -0.384 e. The van der Waals surface area contributed by atoms with Gasteiger partial charge in [-0.15, -0.1) is 0 Å². The number of anilines is 1. The summed E-state index contributed by atoms with van der Waals surface area (Å²) in [6.45, 7) is 5.69. The summed E-state index contributed by atoms with van der Waals surface area (Å²) in [5, 5.41) is 8.03. The molecule has 0 atom stereocenters. The lowest BCUT2D eigenvalue weighted by atomic mass is 10.0. The molecule has 0 bridgehead atoms. The summed E-state index contributed by atoms with van der Waals surface area (Å²) in [5.74, 6) is 0.426. The van der Waals surface area contributed by atoms with Crippen molar-refractivity contribution in [2.24, 2.45) is 0 Å². The van der Waals surface area contributed by atoms with Crippen molar-refractivity contribution < 1.29 is 4.79 Å². The Kier molecular flexibility index (Phi) is 7.25. The van der Waals surface area contributed by atoms with Gasteiger partial charge in [-0.3, -0.25) is 9.78 Å². The SMILES string of the molecule is CC(C)c1ccc(/C=C/C(=O)NCCCNc2ccnc3cc(Cl)ccc23)cc1. The van der Waals surface area contributed by atoms with E-state index in [0.29, 0.717) is 17.5 Å². The number of hydrogen-bond acceptors (Lipinski definition) is 3. The number of nitrogens with zero attached hydrogens (tertiary/aromatic N) is 1. The topological polar surface area (TPSA) is 54.0 Å². The number of pyridine rings is 1. The van der Waals surface area contributed by atoms with Crippen molar-refractivity contribution in [2.75, 3.05) is 18.4 Å². The van der Waals surface area contributed by atoms with Crippen molar-refractivity contribution in [3.05, 3.63) is 77.0 Å². The fourth-order valence-electron chi connectivity index (χ4n) is 3.02. The molecule has 5 heteroatoms. The Hall–Kier alpha value is -2.85. The molecular weight excluding hydrogens is 382 g/mol. The van der Waals surface area contributed by atoms with Gasteiger partial charge < -0.3 is 10.6 Å². The van der Waals surface area contributed by atoms with E-state index in [0.717, 1.165) is 35.1 Å². The molecule has 1 heterocycles. The lowest BCUT2D eigenvalue weighted by Crippen LogP contribution is -2.23. The smallest absolute Gasteiger partial charge is 0.244 e. The molecule has 29 heavy (non-hydrogen) atoms. The lowest BCUT2D eigenvalue weighted by molar-refractivity contribution is -0.116. The molecule has 1 aromatic heterocycles. The van der Waals surface area contributed by atoms with Crippen molar-refractivity contribution >= 4 is 40.2 Å². The van der Waals surface area contributed by atoms with E-state index in [1.807, 2.05) is 42.5 Å². The second-order valence-corrected chi connectivity index (χ2v) is 7.68. The molecule has 4 nitrogen and oxygen atoms in total. The highest BCUT2D eigenvalue weighted by atomic mass is 35.5. The zero-order valence-corrected chi connectivity index (χ0v) is 17.5. The number of aromatic nitrogens is 1. The summed E-state index contributed by atoms with van der Waals surface area (Å²) in [6, 6.07) is 15.9. The highest BCUT2D eigenvalue weighted by Crippen LogP contribution is 2.24. The second-order valence-electron chi connectivity index (χ2n) is 7.25. The predicted molar refractivity (Wildman–Crippen MR) is 122 cm³/mol. The lowest BCUT2D eigenvalue weighted by Gasteiger charge is -2.09. The van der Waals surface area contributed by atoms with Crippen LogP contribution in [0.2, 0.25) is 5.02 Å². The van der Waals surface area contributed by atoms with Gasteiger partial charge in [0.1, 0.15) is 0 Å². The molecule has 2 aromatic carbocycles. The zero-order chi connectivity index (χ0) is 20.6. The van der Waals surface area contributed by atoms with Crippen LogP contribution in [0.25, 0.3) is 17.0 Å². The van der Waals surface area contributed by atoms with Gasteiger partial charge in [-0.1, -0.05) is 49.7 Å². The van der Waals surface area contributed by atoms with Gasteiger partial charge in [0.2, 0.25) is 5.91 Å². The fourth-order valence-corrected chi connectivity index (χ4v) is 3.19. The molecule has 0 aliphatic carbocycles. The number of nitrogens with one attached hydrogen (secondary N) is 2. The van der Waals surface area contributed by atoms with Crippen LogP contribution in [0.5, 0.6) is 0 Å². The molecule has 3 rings (SSSR count). The number of rotatable bonds is 8. The van der Waals surface area contributed by atoms with Crippen molar-refractivity contribution in [2.45, 2.75) is 26.2 Å². The van der Waals surface area contributed by atoms with Gasteiger partial charge in [-0.25, -0.2) is 0 Å². The quantitative estimate of drug-likeness (QED) is 0.375. The van der Waals surface area contributed by atoms with Crippen molar-refractivity contribution in [1.29, 1.82) is 0 Å². The predicted octanol–water partition coefficient (Wildman–Crippen LogP) is 5.64. The van der Waals surface area contributed by atoms with Gasteiger partial charge in [-0.05, 0) is 53.8 Å². The van der Waals surface area contributed by atoms with Crippen molar-refractivity contribution in [1.82, 2.24) is 10.3 Å². The molecular formula is C24H26ClN3O. The molecule has 0 saturated carbocycles. The number of fused-ring (bicyclic) bond motifs is 1. The van der Waals surface area contributed by atoms with Gasteiger partial charge in [-0.2, -0.15) is 0 Å². The van der Waals surface area contributed by atoms with Crippen LogP contribution in [-0.2, 0) is 4.79 Å². The highest BCUT2D eigenvalue weighted by Gasteiger charge is 2.02. The van der Waals surface area contributed by atoms with E-state index < -0.39 is 0 Å². The minimum absolute atomic E-state index is 0.0815. The van der Waals surface area contributed by atoms with Crippen LogP contribution in [0, 0.1) is 0 Å². The van der Waals surface area contributed by atoms with Gasteiger partial charge >= 0.3 is 0 Å². The first kappa shape index (κ1) is 20.9. The number of hydrogen-bond donors (Lipinski definition) is 2. The van der Waals surface area contributed by atoms with E-state index in [-0.39, 0.29) is 5.91 Å². The van der Waals surface area contributed by atoms with Crippen molar-refractivity contribution in [3.63, 3.8) is 0 Å². The van der Waals surface area contributed by atoms with Crippen LogP contribution in [0.1, 0.15) is 37.3 Å². The molecule has 0 saturated heterocycles. The number of carbonyl (C=O) groups is 1. The molecule has 0 fully saturated rings. The second kappa shape index (κ2) is 10.1. The Morgan fingerprint density at radius 1 is 1.10 bits per heavy atom. The first-order chi connectivity index (χ1) is 14.0. The molecule has 3 aromatic rings. The summed E-state index contributed by atoms with van der Waals surface area (Å²) in [4.78, 5) is 16.3. The van der Waals surface area contributed by atoms with Crippen LogP contribution < -0.4 is 10.6 Å². The van der Waals surface area contributed by atoms with Gasteiger partial charge in [0.25, 0.3) is 0 Å². The van der Waals surface area contributed by atoms with Crippen LogP contribution >= 0.6 is 11.6 Å². The van der Waals surface area contributed by atoms with Crippen molar-refractivity contribution in [3.8, 4) is 0 Å². The van der Waals surface area contributed by atoms with Crippen LogP contribution in [0.15, 0.2) is 60.8 Å². The maximum atomic E-state index is 12.0. The van der Waals surface area contributed by atoms with Gasteiger partial charge in [0, 0.05) is 41.5 Å². The molecule has 0 unspecified atom stereocenters. The Labute approximate surface area is 177 Å². The maximum absolute atomic E-state index is 12.0. The average Bonchev–Trinajstić information content (AvgIpc) is 2.72. The third-order valence-corrected chi connectivity index (χ3v) is 4.94. The highest BCUT2D eigenvalue weighted by molar-refractivity contribution is 6.31. The van der Waals surface area contributed by atoms with Gasteiger partial charge in [0.05, 0.1) is 5.52 Å². The van der Waals surface area contributed by atoms with Crippen LogP contribution in [0.4, 0.5) is 5.69 Å². The molecule has 1 amide bonds. The Morgan fingerprint density at radius 3 is 2.66 bits per heavy atom. The third kappa shape index (κ3) is 6.06. The van der Waals surface area contributed by atoms with E-state index in [1.165, 1.54) is 5.56 Å². The molecule has 2 N–H and O–H groups in total. The number of carbonyl (C=O) groups excluding carboxylic acids is 1. The van der Waals surface area contributed by atoms with Crippen LogP contribution in [0.3, 0.4) is 0 Å². The number of halogens is 1. The normalized spacial score (nSPS) is 11.3. The summed E-state index contributed by atoms with van der Waals surface area (Å²) in [7, 11) is 0. The first-order valence-corrected chi connectivity index (χ1v) is 10.2. The summed E-state index contributed by atoms with van der Waals surface area (Å²) in [5.41, 5.74) is 4.20. The first-order valence-electron chi connectivity index (χ1n) is 9.87. The molecule has 0 spiro atoms. The maximum Gasteiger partial charge on any atom is 0.244 e. The van der Waals surface area contributed by atoms with E-state index in [4.69, 9.17) is 11.6 Å². The zero-order valence-electron chi connectivity index (χ0n) is 16.8. The third-order valence-electron chi connectivity index (χ3n) is 4.70. The number of benzene rings is 2. The molecule has 0 aliphatic rings. The standard InChI is InChI=1S/C24H26ClN3O/c1-17(2)19-7-4-18(5-8-19)6-11-24(29)28-14-3-13-26-22-12-15-27-23-16-20(25)9-10-21(22)23/h4-12,15-17H,3,13-14H2,1-2H3,(H,26,27)(H,28,29)/b11-6+. The minimum atomic E-state index is -0.0815.